The van der Waals surface area contributed by atoms with Gasteiger partial charge in [-0.05, 0) is 50.8 Å². The van der Waals surface area contributed by atoms with Crippen molar-refractivity contribution >= 4 is 17.5 Å². The number of benzene rings is 1. The lowest BCUT2D eigenvalue weighted by Gasteiger charge is -2.36. The molecule has 0 aliphatic carbocycles. The van der Waals surface area contributed by atoms with Crippen molar-refractivity contribution in [3.05, 3.63) is 29.8 Å². The van der Waals surface area contributed by atoms with Crippen LogP contribution in [0.15, 0.2) is 24.3 Å². The van der Waals surface area contributed by atoms with Crippen LogP contribution in [0, 0.1) is 6.92 Å². The number of hydrogen-bond donors (Lipinski definition) is 1. The number of likely N-dealkylation sites (tertiary alicyclic amines) is 1. The topological polar surface area (TPSA) is 55.9 Å². The van der Waals surface area contributed by atoms with E-state index in [1.807, 2.05) is 0 Å². The molecule has 3 rings (SSSR count). The highest BCUT2D eigenvalue weighted by Crippen LogP contribution is 2.19. The molecule has 0 radical (unpaired) electrons. The number of carbonyl (C=O) groups is 2. The van der Waals surface area contributed by atoms with Gasteiger partial charge in [0.1, 0.15) is 6.04 Å². The van der Waals surface area contributed by atoms with Crippen LogP contribution < -0.4 is 10.2 Å². The van der Waals surface area contributed by atoms with Crippen molar-refractivity contribution in [3.63, 3.8) is 0 Å². The van der Waals surface area contributed by atoms with Crippen LogP contribution in [0.2, 0.25) is 0 Å². The molecule has 2 aliphatic rings. The first kappa shape index (κ1) is 20.6. The summed E-state index contributed by atoms with van der Waals surface area (Å²) in [6.45, 7) is 11.6. The highest BCUT2D eigenvalue weighted by Gasteiger charge is 2.32. The van der Waals surface area contributed by atoms with Gasteiger partial charge >= 0.3 is 0 Å². The maximum Gasteiger partial charge on any atom is 0.243 e. The molecule has 28 heavy (non-hydrogen) atoms. The lowest BCUT2D eigenvalue weighted by Crippen LogP contribution is -2.49. The first-order chi connectivity index (χ1) is 13.4. The number of piperazine rings is 1. The number of nitrogens with zero attached hydrogens (tertiary/aromatic N) is 3. The lowest BCUT2D eigenvalue weighted by molar-refractivity contribution is -0.137. The van der Waals surface area contributed by atoms with E-state index in [-0.39, 0.29) is 23.9 Å². The third-order valence-electron chi connectivity index (χ3n) is 5.97. The van der Waals surface area contributed by atoms with Gasteiger partial charge in [0.25, 0.3) is 0 Å². The van der Waals surface area contributed by atoms with Crippen LogP contribution in [0.4, 0.5) is 5.69 Å². The zero-order valence-corrected chi connectivity index (χ0v) is 17.5. The monoisotopic (exact) mass is 386 g/mol. The average Bonchev–Trinajstić information content (AvgIpc) is 3.17. The molecule has 2 amide bonds. The molecule has 2 unspecified atom stereocenters. The molecular weight excluding hydrogens is 352 g/mol. The van der Waals surface area contributed by atoms with Gasteiger partial charge in [-0.2, -0.15) is 0 Å². The van der Waals surface area contributed by atoms with Crippen LogP contribution >= 0.6 is 0 Å². The summed E-state index contributed by atoms with van der Waals surface area (Å²) in [5.41, 5.74) is 2.61. The first-order valence-electron chi connectivity index (χ1n) is 10.6. The van der Waals surface area contributed by atoms with Crippen molar-refractivity contribution in [2.24, 2.45) is 0 Å². The molecule has 1 aromatic carbocycles. The second kappa shape index (κ2) is 9.41. The van der Waals surface area contributed by atoms with E-state index in [1.165, 1.54) is 11.3 Å². The van der Waals surface area contributed by atoms with Gasteiger partial charge in [-0.25, -0.2) is 0 Å². The second-order valence-electron chi connectivity index (χ2n) is 8.24. The normalized spacial score (nSPS) is 21.6. The summed E-state index contributed by atoms with van der Waals surface area (Å²) in [6.07, 6.45) is 2.62. The van der Waals surface area contributed by atoms with Crippen molar-refractivity contribution in [2.45, 2.75) is 52.1 Å². The van der Waals surface area contributed by atoms with Gasteiger partial charge in [0.05, 0.1) is 0 Å². The minimum Gasteiger partial charge on any atom is -0.369 e. The molecule has 1 N–H and O–H groups in total. The number of carbonyl (C=O) groups excluding carboxylic acids is 2. The van der Waals surface area contributed by atoms with E-state index in [0.717, 1.165) is 52.0 Å². The molecule has 2 saturated heterocycles. The highest BCUT2D eigenvalue weighted by molar-refractivity contribution is 5.87. The first-order valence-corrected chi connectivity index (χ1v) is 10.6. The molecular formula is C22H34N4O2. The predicted octanol–water partition coefficient (Wildman–Crippen LogP) is 2.02. The Bertz CT molecular complexity index is 685. The summed E-state index contributed by atoms with van der Waals surface area (Å²) < 4.78 is 0. The molecule has 154 valence electrons. The molecule has 6 nitrogen and oxygen atoms in total. The number of nitrogens with one attached hydrogen (secondary N) is 1. The van der Waals surface area contributed by atoms with E-state index in [9.17, 15) is 9.59 Å². The Morgan fingerprint density at radius 1 is 1.18 bits per heavy atom. The quantitative estimate of drug-likeness (QED) is 0.813. The van der Waals surface area contributed by atoms with Gasteiger partial charge < -0.3 is 15.1 Å². The lowest BCUT2D eigenvalue weighted by atomic mass is 10.1. The summed E-state index contributed by atoms with van der Waals surface area (Å²) in [7, 11) is 0. The molecule has 0 saturated carbocycles. The predicted molar refractivity (Wildman–Crippen MR) is 112 cm³/mol. The SMILES string of the molecule is CC(=O)N1CCCC1C(=O)NC(C)CCN1CCN(c2cccc(C)c2)CC1. The highest BCUT2D eigenvalue weighted by atomic mass is 16.2. The van der Waals surface area contributed by atoms with Crippen LogP contribution in [-0.2, 0) is 9.59 Å². The third kappa shape index (κ3) is 5.25. The van der Waals surface area contributed by atoms with Crippen LogP contribution in [0.5, 0.6) is 0 Å². The van der Waals surface area contributed by atoms with Crippen molar-refractivity contribution in [1.82, 2.24) is 15.1 Å². The summed E-state index contributed by atoms with van der Waals surface area (Å²) in [5.74, 6) is 0.00116. The Morgan fingerprint density at radius 2 is 1.93 bits per heavy atom. The standard InChI is InChI=1S/C22H34N4O2/c1-17-6-4-7-20(16-17)25-14-12-24(13-15-25)11-9-18(2)23-22(28)21-8-5-10-26(21)19(3)27/h4,6-7,16,18,21H,5,8-15H2,1-3H3,(H,23,28). The summed E-state index contributed by atoms with van der Waals surface area (Å²) in [6, 6.07) is 8.54. The maximum atomic E-state index is 12.5. The van der Waals surface area contributed by atoms with Gasteiger partial charge in [0.2, 0.25) is 11.8 Å². The minimum atomic E-state index is -0.280. The molecule has 0 aromatic heterocycles. The molecule has 0 bridgehead atoms. The Balaban J connectivity index is 1.39. The van der Waals surface area contributed by atoms with Gasteiger partial charge in [-0.15, -0.1) is 0 Å². The Morgan fingerprint density at radius 3 is 2.61 bits per heavy atom. The fraction of sp³-hybridized carbons (Fsp3) is 0.636. The third-order valence-corrected chi connectivity index (χ3v) is 5.97. The summed E-state index contributed by atoms with van der Waals surface area (Å²) in [5, 5.41) is 3.12. The molecule has 6 heteroatoms. The number of aryl methyl sites for hydroxylation is 1. The largest absolute Gasteiger partial charge is 0.369 e. The van der Waals surface area contributed by atoms with E-state index in [0.29, 0.717) is 6.54 Å². The van der Waals surface area contributed by atoms with Crippen molar-refractivity contribution in [1.29, 1.82) is 0 Å². The van der Waals surface area contributed by atoms with E-state index < -0.39 is 0 Å². The number of hydrogen-bond acceptors (Lipinski definition) is 4. The second-order valence-corrected chi connectivity index (χ2v) is 8.24. The summed E-state index contributed by atoms with van der Waals surface area (Å²) >= 11 is 0. The maximum absolute atomic E-state index is 12.5. The van der Waals surface area contributed by atoms with Crippen molar-refractivity contribution in [3.8, 4) is 0 Å². The Hall–Kier alpha value is -2.08. The molecule has 0 spiro atoms. The van der Waals surface area contributed by atoms with E-state index in [2.05, 4.69) is 53.2 Å². The van der Waals surface area contributed by atoms with Crippen LogP contribution in [0.1, 0.15) is 38.7 Å². The summed E-state index contributed by atoms with van der Waals surface area (Å²) in [4.78, 5) is 30.8. The fourth-order valence-electron chi connectivity index (χ4n) is 4.26. The van der Waals surface area contributed by atoms with Gasteiger partial charge in [-0.3, -0.25) is 14.5 Å². The number of anilines is 1. The molecule has 2 heterocycles. The smallest absolute Gasteiger partial charge is 0.243 e. The zero-order valence-electron chi connectivity index (χ0n) is 17.5. The Kier molecular flexibility index (Phi) is 6.94. The van der Waals surface area contributed by atoms with Gasteiger partial charge in [-0.1, -0.05) is 12.1 Å². The molecule has 2 atom stereocenters. The molecule has 2 fully saturated rings. The van der Waals surface area contributed by atoms with Gasteiger partial charge in [0.15, 0.2) is 0 Å². The minimum absolute atomic E-state index is 0.00298. The van der Waals surface area contributed by atoms with Gasteiger partial charge in [0, 0.05) is 57.9 Å². The van der Waals surface area contributed by atoms with E-state index in [4.69, 9.17) is 0 Å². The average molecular weight is 387 g/mol. The molecule has 1 aromatic rings. The van der Waals surface area contributed by atoms with E-state index >= 15 is 0 Å². The van der Waals surface area contributed by atoms with Crippen molar-refractivity contribution < 1.29 is 9.59 Å². The zero-order chi connectivity index (χ0) is 20.1. The van der Waals surface area contributed by atoms with E-state index in [1.54, 1.807) is 11.8 Å². The number of rotatable bonds is 6. The number of amides is 2. The van der Waals surface area contributed by atoms with Crippen molar-refractivity contribution in [2.75, 3.05) is 44.2 Å². The van der Waals surface area contributed by atoms with Crippen LogP contribution in [0.3, 0.4) is 0 Å². The van der Waals surface area contributed by atoms with Crippen LogP contribution in [0.25, 0.3) is 0 Å². The van der Waals surface area contributed by atoms with Crippen LogP contribution in [-0.4, -0.2) is 73.0 Å². The Labute approximate surface area is 168 Å². The molecule has 2 aliphatic heterocycles. The fourth-order valence-corrected chi connectivity index (χ4v) is 4.26.